The van der Waals surface area contributed by atoms with E-state index in [1.165, 1.54) is 6.42 Å². The third kappa shape index (κ3) is 2.51. The van der Waals surface area contributed by atoms with Crippen LogP contribution in [-0.2, 0) is 9.53 Å². The lowest BCUT2D eigenvalue weighted by Crippen LogP contribution is -2.52. The van der Waals surface area contributed by atoms with E-state index >= 15 is 0 Å². The van der Waals surface area contributed by atoms with E-state index in [9.17, 15) is 4.79 Å². The summed E-state index contributed by atoms with van der Waals surface area (Å²) in [5.74, 6) is 0.153. The molecule has 0 bridgehead atoms. The Hall–Kier alpha value is -0.570. The van der Waals surface area contributed by atoms with Gasteiger partial charge in [-0.2, -0.15) is 0 Å². The smallest absolute Gasteiger partial charge is 0.254 e. The summed E-state index contributed by atoms with van der Waals surface area (Å²) < 4.78 is 5.36. The van der Waals surface area contributed by atoms with E-state index in [4.69, 9.17) is 4.74 Å². The zero-order chi connectivity index (χ0) is 11.5. The van der Waals surface area contributed by atoms with Crippen LogP contribution in [-0.4, -0.2) is 36.1 Å². The summed E-state index contributed by atoms with van der Waals surface area (Å²) >= 11 is 0. The monoisotopic (exact) mass is 213 g/mol. The fraction of sp³-hybridized carbons (Fsp3) is 0.917. The van der Waals surface area contributed by atoms with Crippen molar-refractivity contribution in [2.75, 3.05) is 13.7 Å². The standard InChI is InChI=1S/C12H23NO2/c1-5-12(3,15-4)11(14)13-9-7-6-8-10(13)2/h10H,5-9H2,1-4H3. The maximum Gasteiger partial charge on any atom is 0.254 e. The fourth-order valence-corrected chi connectivity index (χ4v) is 2.09. The lowest BCUT2D eigenvalue weighted by atomic mass is 9.96. The van der Waals surface area contributed by atoms with Crippen LogP contribution in [0.5, 0.6) is 0 Å². The van der Waals surface area contributed by atoms with Gasteiger partial charge in [0.1, 0.15) is 5.60 Å². The van der Waals surface area contributed by atoms with Gasteiger partial charge in [-0.25, -0.2) is 0 Å². The van der Waals surface area contributed by atoms with E-state index in [1.54, 1.807) is 7.11 Å². The third-order valence-corrected chi connectivity index (χ3v) is 3.64. The molecule has 0 spiro atoms. The van der Waals surface area contributed by atoms with Crippen molar-refractivity contribution in [2.24, 2.45) is 0 Å². The van der Waals surface area contributed by atoms with E-state index in [2.05, 4.69) is 6.92 Å². The quantitative estimate of drug-likeness (QED) is 0.719. The topological polar surface area (TPSA) is 29.5 Å². The van der Waals surface area contributed by atoms with Crippen molar-refractivity contribution in [3.05, 3.63) is 0 Å². The molecule has 0 aromatic rings. The summed E-state index contributed by atoms with van der Waals surface area (Å²) in [5.41, 5.74) is -0.633. The average Bonchev–Trinajstić information content (AvgIpc) is 2.28. The maximum atomic E-state index is 12.3. The SMILES string of the molecule is CCC(C)(OC)C(=O)N1CCCCC1C. The Labute approximate surface area is 92.8 Å². The van der Waals surface area contributed by atoms with Crippen molar-refractivity contribution in [1.82, 2.24) is 4.90 Å². The molecule has 3 nitrogen and oxygen atoms in total. The van der Waals surface area contributed by atoms with Crippen molar-refractivity contribution in [1.29, 1.82) is 0 Å². The molecule has 2 atom stereocenters. The summed E-state index contributed by atoms with van der Waals surface area (Å²) in [7, 11) is 1.62. The molecular weight excluding hydrogens is 190 g/mol. The Morgan fingerprint density at radius 2 is 2.20 bits per heavy atom. The highest BCUT2D eigenvalue weighted by Gasteiger charge is 2.37. The number of hydrogen-bond acceptors (Lipinski definition) is 2. The lowest BCUT2D eigenvalue weighted by molar-refractivity contribution is -0.156. The summed E-state index contributed by atoms with van der Waals surface area (Å²) in [6, 6.07) is 0.368. The van der Waals surface area contributed by atoms with Crippen molar-refractivity contribution >= 4 is 5.91 Å². The number of likely N-dealkylation sites (tertiary alicyclic amines) is 1. The van der Waals surface area contributed by atoms with E-state index in [0.29, 0.717) is 6.04 Å². The van der Waals surface area contributed by atoms with Crippen LogP contribution in [0.15, 0.2) is 0 Å². The minimum atomic E-state index is -0.633. The van der Waals surface area contributed by atoms with Crippen LogP contribution in [0.1, 0.15) is 46.5 Å². The van der Waals surface area contributed by atoms with Crippen LogP contribution in [0, 0.1) is 0 Å². The third-order valence-electron chi connectivity index (χ3n) is 3.64. The number of piperidine rings is 1. The maximum absolute atomic E-state index is 12.3. The molecule has 0 aliphatic carbocycles. The molecule has 1 aliphatic heterocycles. The van der Waals surface area contributed by atoms with Gasteiger partial charge in [0, 0.05) is 19.7 Å². The van der Waals surface area contributed by atoms with Gasteiger partial charge in [0.25, 0.3) is 5.91 Å². The number of carbonyl (C=O) groups excluding carboxylic acids is 1. The normalized spacial score (nSPS) is 26.1. The molecule has 3 heteroatoms. The van der Waals surface area contributed by atoms with Crippen LogP contribution in [0.4, 0.5) is 0 Å². The van der Waals surface area contributed by atoms with Crippen LogP contribution < -0.4 is 0 Å². The predicted molar refractivity (Wildman–Crippen MR) is 60.7 cm³/mol. The largest absolute Gasteiger partial charge is 0.369 e. The predicted octanol–water partition coefficient (Wildman–Crippen LogP) is 2.20. The second-order valence-electron chi connectivity index (χ2n) is 4.63. The highest BCUT2D eigenvalue weighted by Crippen LogP contribution is 2.24. The van der Waals surface area contributed by atoms with Gasteiger partial charge in [0.05, 0.1) is 0 Å². The molecule has 0 aromatic carbocycles. The van der Waals surface area contributed by atoms with Crippen molar-refractivity contribution < 1.29 is 9.53 Å². The van der Waals surface area contributed by atoms with Crippen LogP contribution in [0.3, 0.4) is 0 Å². The van der Waals surface area contributed by atoms with Gasteiger partial charge < -0.3 is 9.64 Å². The van der Waals surface area contributed by atoms with E-state index in [0.717, 1.165) is 25.8 Å². The Morgan fingerprint density at radius 1 is 1.53 bits per heavy atom. The molecule has 15 heavy (non-hydrogen) atoms. The van der Waals surface area contributed by atoms with Gasteiger partial charge in [-0.3, -0.25) is 4.79 Å². The molecule has 0 radical (unpaired) electrons. The van der Waals surface area contributed by atoms with Crippen molar-refractivity contribution in [3.8, 4) is 0 Å². The Balaban J connectivity index is 2.73. The molecule has 1 amide bonds. The second-order valence-corrected chi connectivity index (χ2v) is 4.63. The Kier molecular flexibility index (Phi) is 4.14. The van der Waals surface area contributed by atoms with E-state index < -0.39 is 5.60 Å². The zero-order valence-corrected chi connectivity index (χ0v) is 10.4. The van der Waals surface area contributed by atoms with Gasteiger partial charge >= 0.3 is 0 Å². The van der Waals surface area contributed by atoms with E-state index in [-0.39, 0.29) is 5.91 Å². The molecular formula is C12H23NO2. The van der Waals surface area contributed by atoms with Gasteiger partial charge in [-0.15, -0.1) is 0 Å². The Bertz CT molecular complexity index is 224. The zero-order valence-electron chi connectivity index (χ0n) is 10.4. The molecule has 88 valence electrons. The number of methoxy groups -OCH3 is 1. The average molecular weight is 213 g/mol. The molecule has 2 unspecified atom stereocenters. The first-order chi connectivity index (χ1) is 7.05. The first kappa shape index (κ1) is 12.5. The highest BCUT2D eigenvalue weighted by atomic mass is 16.5. The summed E-state index contributed by atoms with van der Waals surface area (Å²) in [6.07, 6.45) is 4.21. The molecule has 1 heterocycles. The number of carbonyl (C=O) groups is 1. The second kappa shape index (κ2) is 4.97. The van der Waals surface area contributed by atoms with Crippen molar-refractivity contribution in [2.45, 2.75) is 58.1 Å². The van der Waals surface area contributed by atoms with Gasteiger partial charge in [-0.05, 0) is 39.5 Å². The number of ether oxygens (including phenoxy) is 1. The molecule has 1 rings (SSSR count). The van der Waals surface area contributed by atoms with Gasteiger partial charge in [0.2, 0.25) is 0 Å². The molecule has 1 aliphatic rings. The molecule has 0 aromatic heterocycles. The van der Waals surface area contributed by atoms with Gasteiger partial charge in [0.15, 0.2) is 0 Å². The summed E-state index contributed by atoms with van der Waals surface area (Å²) in [4.78, 5) is 14.3. The summed E-state index contributed by atoms with van der Waals surface area (Å²) in [6.45, 7) is 6.90. The number of nitrogens with zero attached hydrogens (tertiary/aromatic N) is 1. The molecule has 0 saturated carbocycles. The first-order valence-corrected chi connectivity index (χ1v) is 5.91. The summed E-state index contributed by atoms with van der Waals surface area (Å²) in [5, 5.41) is 0. The Morgan fingerprint density at radius 3 is 2.67 bits per heavy atom. The van der Waals surface area contributed by atoms with Crippen molar-refractivity contribution in [3.63, 3.8) is 0 Å². The van der Waals surface area contributed by atoms with Crippen LogP contribution >= 0.6 is 0 Å². The molecule has 1 saturated heterocycles. The molecule has 1 fully saturated rings. The number of hydrogen-bond donors (Lipinski definition) is 0. The fourth-order valence-electron chi connectivity index (χ4n) is 2.09. The lowest BCUT2D eigenvalue weighted by Gasteiger charge is -2.39. The van der Waals surface area contributed by atoms with E-state index in [1.807, 2.05) is 18.7 Å². The number of amides is 1. The van der Waals surface area contributed by atoms with Crippen LogP contribution in [0.2, 0.25) is 0 Å². The minimum absolute atomic E-state index is 0.153. The number of rotatable bonds is 3. The first-order valence-electron chi connectivity index (χ1n) is 5.91. The minimum Gasteiger partial charge on any atom is -0.369 e. The molecule has 0 N–H and O–H groups in total. The van der Waals surface area contributed by atoms with Crippen LogP contribution in [0.25, 0.3) is 0 Å². The highest BCUT2D eigenvalue weighted by molar-refractivity contribution is 5.85. The van der Waals surface area contributed by atoms with Gasteiger partial charge in [-0.1, -0.05) is 6.92 Å².